The highest BCUT2D eigenvalue weighted by molar-refractivity contribution is 6.14. The second kappa shape index (κ2) is 12.0. The maximum Gasteiger partial charge on any atom is 0.290 e. The Kier molecular flexibility index (Phi) is 8.29. The summed E-state index contributed by atoms with van der Waals surface area (Å²) in [6.07, 6.45) is 9.63. The largest absolute Gasteiger partial charge is 0.503 e. The summed E-state index contributed by atoms with van der Waals surface area (Å²) in [5, 5.41) is 10.8. The van der Waals surface area contributed by atoms with Gasteiger partial charge in [-0.3, -0.25) is 14.6 Å². The van der Waals surface area contributed by atoms with Crippen LogP contribution in [0.4, 0.5) is 0 Å². The average Bonchev–Trinajstić information content (AvgIpc) is 3.16. The number of rotatable bonds is 11. The van der Waals surface area contributed by atoms with Crippen molar-refractivity contribution < 1.29 is 19.4 Å². The van der Waals surface area contributed by atoms with Crippen LogP contribution < -0.4 is 4.74 Å². The van der Waals surface area contributed by atoms with E-state index in [1.54, 1.807) is 24.5 Å². The third-order valence-corrected chi connectivity index (χ3v) is 6.08. The summed E-state index contributed by atoms with van der Waals surface area (Å²) in [5.41, 5.74) is 2.43. The molecule has 0 radical (unpaired) electrons. The van der Waals surface area contributed by atoms with Crippen molar-refractivity contribution in [1.82, 2.24) is 9.88 Å². The van der Waals surface area contributed by atoms with E-state index in [1.165, 1.54) is 11.0 Å². The predicted octanol–water partition coefficient (Wildman–Crippen LogP) is 5.83. The Morgan fingerprint density at radius 1 is 1.06 bits per heavy atom. The molecule has 0 fully saturated rings. The van der Waals surface area contributed by atoms with Crippen molar-refractivity contribution in [1.29, 1.82) is 0 Å². The Bertz CT molecular complexity index is 1230. The number of allylic oxidation sites excluding steroid dienone is 1. The molecule has 0 bridgehead atoms. The van der Waals surface area contributed by atoms with E-state index in [0.29, 0.717) is 12.2 Å². The monoisotopic (exact) mass is 482 g/mol. The molecule has 1 amide bonds. The van der Waals surface area contributed by atoms with E-state index >= 15 is 0 Å². The Morgan fingerprint density at radius 2 is 1.83 bits per heavy atom. The first kappa shape index (κ1) is 24.9. The summed E-state index contributed by atoms with van der Waals surface area (Å²) in [6, 6.07) is 19.7. The Hall–Kier alpha value is -4.19. The van der Waals surface area contributed by atoms with Crippen LogP contribution >= 0.6 is 0 Å². The first-order chi connectivity index (χ1) is 17.6. The molecule has 4 rings (SSSR count). The summed E-state index contributed by atoms with van der Waals surface area (Å²) in [5.74, 6) is -0.794. The summed E-state index contributed by atoms with van der Waals surface area (Å²) < 4.78 is 5.82. The fraction of sp³-hybridized carbons (Fsp3) is 0.233. The number of hydrogen-bond acceptors (Lipinski definition) is 5. The number of carbonyl (C=O) groups is 2. The Morgan fingerprint density at radius 3 is 2.53 bits per heavy atom. The van der Waals surface area contributed by atoms with Gasteiger partial charge < -0.3 is 14.7 Å². The molecule has 184 valence electrons. The topological polar surface area (TPSA) is 79.7 Å². The number of ketones is 1. The summed E-state index contributed by atoms with van der Waals surface area (Å²) >= 11 is 0. The predicted molar refractivity (Wildman–Crippen MR) is 139 cm³/mol. The standard InChI is InChI=1S/C30H30N2O4/c1-2-3-7-19-36-25-15-13-24(14-16-25)28-27(26(33)17-12-22-9-5-4-6-10-22)29(34)30(35)32(28)21-23-11-8-18-31-20-23/h4-6,8-18,20,28,34H,2-3,7,19,21H2,1H3/b17-12+. The van der Waals surface area contributed by atoms with Crippen molar-refractivity contribution >= 4 is 17.8 Å². The van der Waals surface area contributed by atoms with Gasteiger partial charge in [-0.15, -0.1) is 0 Å². The molecule has 6 nitrogen and oxygen atoms in total. The summed E-state index contributed by atoms with van der Waals surface area (Å²) in [7, 11) is 0. The zero-order valence-corrected chi connectivity index (χ0v) is 20.3. The van der Waals surface area contributed by atoms with Crippen LogP contribution in [0.3, 0.4) is 0 Å². The number of hydrogen-bond donors (Lipinski definition) is 1. The number of nitrogens with zero attached hydrogens (tertiary/aromatic N) is 2. The van der Waals surface area contributed by atoms with Crippen LogP contribution in [0.25, 0.3) is 6.08 Å². The molecular formula is C30H30N2O4. The molecule has 0 spiro atoms. The minimum atomic E-state index is -0.736. The van der Waals surface area contributed by atoms with Gasteiger partial charge in [0.1, 0.15) is 5.75 Å². The first-order valence-corrected chi connectivity index (χ1v) is 12.2. The van der Waals surface area contributed by atoms with Gasteiger partial charge in [-0.25, -0.2) is 0 Å². The van der Waals surface area contributed by atoms with Crippen LogP contribution in [-0.4, -0.2) is 33.3 Å². The van der Waals surface area contributed by atoms with Crippen molar-refractivity contribution in [3.05, 3.63) is 113 Å². The lowest BCUT2D eigenvalue weighted by molar-refractivity contribution is -0.130. The second-order valence-electron chi connectivity index (χ2n) is 8.69. The molecule has 1 aromatic heterocycles. The molecule has 0 aliphatic carbocycles. The van der Waals surface area contributed by atoms with E-state index in [1.807, 2.05) is 60.7 Å². The molecule has 1 aliphatic heterocycles. The number of unbranched alkanes of at least 4 members (excludes halogenated alkanes) is 2. The number of amides is 1. The van der Waals surface area contributed by atoms with Gasteiger partial charge in [0.25, 0.3) is 5.91 Å². The molecule has 2 heterocycles. The molecule has 3 aromatic rings. The quantitative estimate of drug-likeness (QED) is 0.275. The molecule has 2 aromatic carbocycles. The Labute approximate surface area is 211 Å². The summed E-state index contributed by atoms with van der Waals surface area (Å²) in [4.78, 5) is 32.1. The molecule has 0 saturated heterocycles. The lowest BCUT2D eigenvalue weighted by atomic mass is 9.95. The second-order valence-corrected chi connectivity index (χ2v) is 8.69. The minimum absolute atomic E-state index is 0.0627. The van der Waals surface area contributed by atoms with Gasteiger partial charge in [-0.1, -0.05) is 74.4 Å². The van der Waals surface area contributed by atoms with E-state index in [0.717, 1.165) is 36.1 Å². The normalized spacial score (nSPS) is 15.6. The number of aliphatic hydroxyl groups excluding tert-OH is 1. The number of carbonyl (C=O) groups excluding carboxylic acids is 2. The van der Waals surface area contributed by atoms with Crippen LogP contribution in [0, 0.1) is 0 Å². The molecular weight excluding hydrogens is 452 g/mol. The first-order valence-electron chi connectivity index (χ1n) is 12.2. The molecule has 36 heavy (non-hydrogen) atoms. The number of pyridine rings is 1. The van der Waals surface area contributed by atoms with E-state index in [9.17, 15) is 14.7 Å². The van der Waals surface area contributed by atoms with Crippen LogP contribution in [0.5, 0.6) is 5.75 Å². The van der Waals surface area contributed by atoms with Crippen molar-refractivity contribution in [3.8, 4) is 5.75 Å². The highest BCUT2D eigenvalue weighted by Crippen LogP contribution is 2.39. The third kappa shape index (κ3) is 5.89. The molecule has 1 unspecified atom stereocenters. The smallest absolute Gasteiger partial charge is 0.290 e. The lowest BCUT2D eigenvalue weighted by Crippen LogP contribution is -2.30. The highest BCUT2D eigenvalue weighted by atomic mass is 16.5. The average molecular weight is 483 g/mol. The number of ether oxygens (including phenoxy) is 1. The van der Waals surface area contributed by atoms with Crippen molar-refractivity contribution in [3.63, 3.8) is 0 Å². The van der Waals surface area contributed by atoms with E-state index in [2.05, 4.69) is 11.9 Å². The van der Waals surface area contributed by atoms with Crippen molar-refractivity contribution in [2.24, 2.45) is 0 Å². The van der Waals surface area contributed by atoms with Gasteiger partial charge in [0, 0.05) is 18.9 Å². The molecule has 1 N–H and O–H groups in total. The van der Waals surface area contributed by atoms with Crippen molar-refractivity contribution in [2.75, 3.05) is 6.61 Å². The Balaban J connectivity index is 1.63. The number of aliphatic hydroxyl groups is 1. The maximum absolute atomic E-state index is 13.3. The summed E-state index contributed by atoms with van der Waals surface area (Å²) in [6.45, 7) is 2.98. The van der Waals surface area contributed by atoms with Gasteiger partial charge in [-0.05, 0) is 47.4 Å². The fourth-order valence-electron chi connectivity index (χ4n) is 4.22. The zero-order valence-electron chi connectivity index (χ0n) is 20.3. The van der Waals surface area contributed by atoms with Crippen molar-refractivity contribution in [2.45, 2.75) is 38.8 Å². The number of aromatic nitrogens is 1. The highest BCUT2D eigenvalue weighted by Gasteiger charge is 2.42. The van der Waals surface area contributed by atoms with E-state index in [-0.39, 0.29) is 12.1 Å². The minimum Gasteiger partial charge on any atom is -0.503 e. The van der Waals surface area contributed by atoms with Gasteiger partial charge in [0.15, 0.2) is 11.5 Å². The van der Waals surface area contributed by atoms with Gasteiger partial charge in [0.05, 0.1) is 18.2 Å². The lowest BCUT2D eigenvalue weighted by Gasteiger charge is -2.26. The van der Waals surface area contributed by atoms with Gasteiger partial charge >= 0.3 is 0 Å². The zero-order chi connectivity index (χ0) is 25.3. The van der Waals surface area contributed by atoms with E-state index in [4.69, 9.17) is 4.74 Å². The fourth-order valence-corrected chi connectivity index (χ4v) is 4.22. The maximum atomic E-state index is 13.3. The molecule has 1 aliphatic rings. The van der Waals surface area contributed by atoms with Crippen LogP contribution in [-0.2, 0) is 16.1 Å². The van der Waals surface area contributed by atoms with E-state index < -0.39 is 23.5 Å². The van der Waals surface area contributed by atoms with Gasteiger partial charge in [0.2, 0.25) is 0 Å². The molecule has 6 heteroatoms. The van der Waals surface area contributed by atoms with Crippen LogP contribution in [0.2, 0.25) is 0 Å². The SMILES string of the molecule is CCCCCOc1ccc(C2C(C(=O)/C=C/c3ccccc3)=C(O)C(=O)N2Cc2cccnc2)cc1. The van der Waals surface area contributed by atoms with Gasteiger partial charge in [-0.2, -0.15) is 0 Å². The molecule has 0 saturated carbocycles. The number of benzene rings is 2. The van der Waals surface area contributed by atoms with Crippen LogP contribution in [0.15, 0.2) is 96.5 Å². The third-order valence-electron chi connectivity index (χ3n) is 6.08. The van der Waals surface area contributed by atoms with Crippen LogP contribution in [0.1, 0.15) is 48.9 Å². The molecule has 1 atom stereocenters.